The Bertz CT molecular complexity index is 603. The van der Waals surface area contributed by atoms with Gasteiger partial charge in [-0.1, -0.05) is 32.9 Å². The number of benzene rings is 1. The second-order valence-electron chi connectivity index (χ2n) is 7.77. The van der Waals surface area contributed by atoms with Crippen LogP contribution in [0.2, 0.25) is 0 Å². The Morgan fingerprint density at radius 1 is 1.24 bits per heavy atom. The minimum Gasteiger partial charge on any atom is -0.484 e. The zero-order valence-corrected chi connectivity index (χ0v) is 15.5. The largest absolute Gasteiger partial charge is 0.484 e. The fourth-order valence-electron chi connectivity index (χ4n) is 2.28. The van der Waals surface area contributed by atoms with Crippen LogP contribution in [-0.2, 0) is 9.59 Å². The summed E-state index contributed by atoms with van der Waals surface area (Å²) in [6.45, 7) is 7.74. The number of carbonyl (C=O) groups is 2. The molecule has 0 aromatic heterocycles. The monoisotopic (exact) mass is 347 g/mol. The van der Waals surface area contributed by atoms with Crippen LogP contribution >= 0.6 is 0 Å². The van der Waals surface area contributed by atoms with Gasteiger partial charge in [0.15, 0.2) is 6.61 Å². The molecular weight excluding hydrogens is 318 g/mol. The molecule has 6 heteroatoms. The number of ether oxygens (including phenoxy) is 1. The number of carbonyl (C=O) groups excluding carboxylic acids is 2. The van der Waals surface area contributed by atoms with Crippen molar-refractivity contribution in [1.82, 2.24) is 10.6 Å². The number of rotatable bonds is 7. The molecule has 1 aromatic carbocycles. The van der Waals surface area contributed by atoms with E-state index in [2.05, 4.69) is 10.6 Å². The standard InChI is InChI=1S/C19H29N3O3/c1-12(21-18(24)17(20)19(2,3)4)13-5-9-15(10-6-13)25-11-16(23)22-14-7-8-14/h5-6,9-10,12,14,17H,7-8,11,20H2,1-4H3,(H,21,24)(H,22,23)/t12?,17-/m1/s1. The highest BCUT2D eigenvalue weighted by molar-refractivity contribution is 5.82. The molecule has 0 bridgehead atoms. The molecule has 0 spiro atoms. The van der Waals surface area contributed by atoms with Crippen LogP contribution in [0.15, 0.2) is 24.3 Å². The molecule has 4 N–H and O–H groups in total. The van der Waals surface area contributed by atoms with Crippen LogP contribution in [0.25, 0.3) is 0 Å². The van der Waals surface area contributed by atoms with Crippen LogP contribution in [-0.4, -0.2) is 30.5 Å². The Labute approximate surface area is 149 Å². The van der Waals surface area contributed by atoms with Gasteiger partial charge in [-0.2, -0.15) is 0 Å². The van der Waals surface area contributed by atoms with Gasteiger partial charge in [0.2, 0.25) is 5.91 Å². The third-order valence-corrected chi connectivity index (χ3v) is 4.27. The summed E-state index contributed by atoms with van der Waals surface area (Å²) >= 11 is 0. The second-order valence-corrected chi connectivity index (χ2v) is 7.77. The molecule has 1 aliphatic rings. The zero-order valence-electron chi connectivity index (χ0n) is 15.5. The average Bonchev–Trinajstić information content (AvgIpc) is 3.35. The molecule has 25 heavy (non-hydrogen) atoms. The van der Waals surface area contributed by atoms with Gasteiger partial charge in [0.05, 0.1) is 12.1 Å². The zero-order chi connectivity index (χ0) is 18.6. The van der Waals surface area contributed by atoms with Crippen LogP contribution in [0.4, 0.5) is 0 Å². The first kappa shape index (κ1) is 19.2. The van der Waals surface area contributed by atoms with E-state index in [-0.39, 0.29) is 29.9 Å². The topological polar surface area (TPSA) is 93.5 Å². The molecule has 2 rings (SSSR count). The van der Waals surface area contributed by atoms with Crippen molar-refractivity contribution in [3.05, 3.63) is 29.8 Å². The summed E-state index contributed by atoms with van der Waals surface area (Å²) in [5.74, 6) is 0.361. The van der Waals surface area contributed by atoms with Crippen LogP contribution in [0.5, 0.6) is 5.75 Å². The molecule has 0 radical (unpaired) electrons. The lowest BCUT2D eigenvalue weighted by Gasteiger charge is -2.27. The Hall–Kier alpha value is -2.08. The maximum absolute atomic E-state index is 12.2. The number of hydrogen-bond donors (Lipinski definition) is 3. The van der Waals surface area contributed by atoms with E-state index in [9.17, 15) is 9.59 Å². The fraction of sp³-hybridized carbons (Fsp3) is 0.579. The lowest BCUT2D eigenvalue weighted by Crippen LogP contribution is -2.49. The van der Waals surface area contributed by atoms with Crippen molar-refractivity contribution in [3.8, 4) is 5.75 Å². The van der Waals surface area contributed by atoms with E-state index in [1.165, 1.54) is 0 Å². The fourth-order valence-corrected chi connectivity index (χ4v) is 2.28. The van der Waals surface area contributed by atoms with Crippen molar-refractivity contribution in [2.75, 3.05) is 6.61 Å². The molecule has 0 aliphatic heterocycles. The SMILES string of the molecule is CC(NC(=O)[C@@H](N)C(C)(C)C)c1ccc(OCC(=O)NC2CC2)cc1. The summed E-state index contributed by atoms with van der Waals surface area (Å²) < 4.78 is 5.48. The van der Waals surface area contributed by atoms with Crippen molar-refractivity contribution in [1.29, 1.82) is 0 Å². The minimum absolute atomic E-state index is 0.0164. The Balaban J connectivity index is 1.83. The van der Waals surface area contributed by atoms with Gasteiger partial charge in [0.1, 0.15) is 5.75 Å². The highest BCUT2D eigenvalue weighted by atomic mass is 16.5. The number of nitrogens with one attached hydrogen (secondary N) is 2. The summed E-state index contributed by atoms with van der Waals surface area (Å²) in [6.07, 6.45) is 2.12. The number of amides is 2. The third-order valence-electron chi connectivity index (χ3n) is 4.27. The predicted molar refractivity (Wildman–Crippen MR) is 97.1 cm³/mol. The summed E-state index contributed by atoms with van der Waals surface area (Å²) in [5.41, 5.74) is 6.64. The molecule has 0 saturated heterocycles. The molecule has 1 unspecified atom stereocenters. The van der Waals surface area contributed by atoms with Crippen LogP contribution < -0.4 is 21.1 Å². The van der Waals surface area contributed by atoms with Crippen LogP contribution in [0.3, 0.4) is 0 Å². The first-order chi connectivity index (χ1) is 11.7. The minimum atomic E-state index is -0.567. The van der Waals surface area contributed by atoms with Gasteiger partial charge in [-0.25, -0.2) is 0 Å². The summed E-state index contributed by atoms with van der Waals surface area (Å²) in [4.78, 5) is 23.8. The van der Waals surface area contributed by atoms with E-state index in [4.69, 9.17) is 10.5 Å². The molecule has 2 atom stereocenters. The van der Waals surface area contributed by atoms with Crippen LogP contribution in [0.1, 0.15) is 52.1 Å². The van der Waals surface area contributed by atoms with Crippen molar-refractivity contribution < 1.29 is 14.3 Å². The Morgan fingerprint density at radius 3 is 2.36 bits per heavy atom. The van der Waals surface area contributed by atoms with Crippen LogP contribution in [0, 0.1) is 5.41 Å². The third kappa shape index (κ3) is 6.05. The van der Waals surface area contributed by atoms with E-state index >= 15 is 0 Å². The van der Waals surface area contributed by atoms with Gasteiger partial charge in [0, 0.05) is 6.04 Å². The molecule has 1 aliphatic carbocycles. The van der Waals surface area contributed by atoms with E-state index in [1.54, 1.807) is 12.1 Å². The van der Waals surface area contributed by atoms with Gasteiger partial charge < -0.3 is 21.1 Å². The molecule has 2 amide bonds. The molecule has 1 fully saturated rings. The van der Waals surface area contributed by atoms with E-state index < -0.39 is 6.04 Å². The number of nitrogens with two attached hydrogens (primary N) is 1. The maximum atomic E-state index is 12.2. The first-order valence-corrected chi connectivity index (χ1v) is 8.75. The lowest BCUT2D eigenvalue weighted by atomic mass is 9.86. The van der Waals surface area contributed by atoms with E-state index in [0.29, 0.717) is 11.8 Å². The molecule has 138 valence electrons. The van der Waals surface area contributed by atoms with E-state index in [1.807, 2.05) is 39.8 Å². The van der Waals surface area contributed by atoms with E-state index in [0.717, 1.165) is 18.4 Å². The smallest absolute Gasteiger partial charge is 0.258 e. The highest BCUT2D eigenvalue weighted by Crippen LogP contribution is 2.21. The van der Waals surface area contributed by atoms with Crippen molar-refractivity contribution in [2.45, 2.75) is 58.7 Å². The summed E-state index contributed by atoms with van der Waals surface area (Å²) in [6, 6.07) is 6.96. The molecular formula is C19H29N3O3. The normalized spacial score (nSPS) is 16.7. The van der Waals surface area contributed by atoms with Crippen molar-refractivity contribution >= 4 is 11.8 Å². The number of hydrogen-bond acceptors (Lipinski definition) is 4. The van der Waals surface area contributed by atoms with Gasteiger partial charge in [0.25, 0.3) is 5.91 Å². The Kier molecular flexibility index (Phi) is 6.06. The van der Waals surface area contributed by atoms with Gasteiger partial charge in [-0.15, -0.1) is 0 Å². The van der Waals surface area contributed by atoms with Gasteiger partial charge in [-0.05, 0) is 42.9 Å². The average molecular weight is 347 g/mol. The summed E-state index contributed by atoms with van der Waals surface area (Å²) in [5, 5.41) is 5.81. The highest BCUT2D eigenvalue weighted by Gasteiger charge is 2.28. The van der Waals surface area contributed by atoms with Gasteiger partial charge in [-0.3, -0.25) is 9.59 Å². The van der Waals surface area contributed by atoms with Crippen molar-refractivity contribution in [3.63, 3.8) is 0 Å². The summed E-state index contributed by atoms with van der Waals surface area (Å²) in [7, 11) is 0. The molecule has 1 aromatic rings. The quantitative estimate of drug-likeness (QED) is 0.702. The van der Waals surface area contributed by atoms with Gasteiger partial charge >= 0.3 is 0 Å². The molecule has 6 nitrogen and oxygen atoms in total. The maximum Gasteiger partial charge on any atom is 0.258 e. The second kappa shape index (κ2) is 7.87. The Morgan fingerprint density at radius 2 is 1.84 bits per heavy atom. The predicted octanol–water partition coefficient (Wildman–Crippen LogP) is 1.89. The molecule has 1 saturated carbocycles. The molecule has 0 heterocycles. The lowest BCUT2D eigenvalue weighted by molar-refractivity contribution is -0.125. The van der Waals surface area contributed by atoms with Crippen molar-refractivity contribution in [2.24, 2.45) is 11.1 Å². The first-order valence-electron chi connectivity index (χ1n) is 8.75.